The second kappa shape index (κ2) is 7.29. The molecule has 4 heteroatoms. The molecule has 1 aliphatic rings. The van der Waals surface area contributed by atoms with Crippen LogP contribution in [-0.2, 0) is 0 Å². The monoisotopic (exact) mass is 298 g/mol. The van der Waals surface area contributed by atoms with Crippen molar-refractivity contribution in [1.29, 1.82) is 0 Å². The molecule has 2 N–H and O–H groups in total. The quantitative estimate of drug-likeness (QED) is 0.860. The second-order valence-corrected chi connectivity index (χ2v) is 5.21. The number of benzene rings is 2. The Bertz CT molecular complexity index is 583. The maximum absolute atomic E-state index is 6.32. The smallest absolute Gasteiger partial charge is 0.162 e. The van der Waals surface area contributed by atoms with Crippen molar-refractivity contribution in [2.24, 2.45) is 0 Å². The molecule has 1 atom stereocenters. The van der Waals surface area contributed by atoms with E-state index in [2.05, 4.69) is 22.8 Å². The highest BCUT2D eigenvalue weighted by Gasteiger charge is 2.28. The SMILES string of the molecule is CCOc1ccccc1OC(c1ccccc1)C1NCCN1. The van der Waals surface area contributed by atoms with Crippen LogP contribution in [0.1, 0.15) is 18.6 Å². The van der Waals surface area contributed by atoms with Crippen LogP contribution in [-0.4, -0.2) is 25.9 Å². The molecular weight excluding hydrogens is 276 g/mol. The first-order chi connectivity index (χ1) is 10.9. The molecule has 0 aromatic heterocycles. The summed E-state index contributed by atoms with van der Waals surface area (Å²) in [6.07, 6.45) is -0.0117. The topological polar surface area (TPSA) is 42.5 Å². The molecule has 3 rings (SSSR count). The highest BCUT2D eigenvalue weighted by Crippen LogP contribution is 2.32. The average molecular weight is 298 g/mol. The molecule has 2 aromatic carbocycles. The van der Waals surface area contributed by atoms with Gasteiger partial charge < -0.3 is 9.47 Å². The molecule has 2 aromatic rings. The summed E-state index contributed by atoms with van der Waals surface area (Å²) in [5.41, 5.74) is 1.14. The van der Waals surface area contributed by atoms with Crippen molar-refractivity contribution < 1.29 is 9.47 Å². The number of rotatable bonds is 6. The van der Waals surface area contributed by atoms with E-state index in [-0.39, 0.29) is 12.3 Å². The lowest BCUT2D eigenvalue weighted by Gasteiger charge is -2.26. The van der Waals surface area contributed by atoms with Crippen LogP contribution in [0.2, 0.25) is 0 Å². The van der Waals surface area contributed by atoms with Gasteiger partial charge in [0.05, 0.1) is 12.8 Å². The standard InChI is InChI=1S/C18H22N2O2/c1-2-21-15-10-6-7-11-16(15)22-17(18-19-12-13-20-18)14-8-4-3-5-9-14/h3-11,17-20H,2,12-13H2,1H3. The van der Waals surface area contributed by atoms with Gasteiger partial charge in [0.25, 0.3) is 0 Å². The average Bonchev–Trinajstić information content (AvgIpc) is 3.09. The molecule has 1 fully saturated rings. The van der Waals surface area contributed by atoms with Gasteiger partial charge in [0.2, 0.25) is 0 Å². The van der Waals surface area contributed by atoms with Gasteiger partial charge in [0.1, 0.15) is 0 Å². The van der Waals surface area contributed by atoms with Crippen LogP contribution in [0.15, 0.2) is 54.6 Å². The fourth-order valence-electron chi connectivity index (χ4n) is 2.67. The lowest BCUT2D eigenvalue weighted by Crippen LogP contribution is -2.40. The molecule has 0 aliphatic carbocycles. The Hall–Kier alpha value is -2.04. The molecule has 1 aliphatic heterocycles. The number of hydrogen-bond donors (Lipinski definition) is 2. The van der Waals surface area contributed by atoms with Gasteiger partial charge in [-0.1, -0.05) is 42.5 Å². The molecule has 0 radical (unpaired) electrons. The first-order valence-corrected chi connectivity index (χ1v) is 7.78. The van der Waals surface area contributed by atoms with Crippen LogP contribution in [0.5, 0.6) is 11.5 Å². The van der Waals surface area contributed by atoms with E-state index in [0.29, 0.717) is 6.61 Å². The van der Waals surface area contributed by atoms with Crippen molar-refractivity contribution >= 4 is 0 Å². The Morgan fingerprint density at radius 2 is 1.59 bits per heavy atom. The minimum atomic E-state index is -0.106. The molecule has 4 nitrogen and oxygen atoms in total. The van der Waals surface area contributed by atoms with Crippen LogP contribution < -0.4 is 20.1 Å². The first kappa shape index (κ1) is 14.9. The Labute approximate surface area is 131 Å². The second-order valence-electron chi connectivity index (χ2n) is 5.21. The van der Waals surface area contributed by atoms with Gasteiger partial charge in [-0.3, -0.25) is 10.6 Å². The Morgan fingerprint density at radius 1 is 0.955 bits per heavy atom. The van der Waals surface area contributed by atoms with Crippen LogP contribution in [0.25, 0.3) is 0 Å². The number of hydrogen-bond acceptors (Lipinski definition) is 4. The number of nitrogens with one attached hydrogen (secondary N) is 2. The highest BCUT2D eigenvalue weighted by molar-refractivity contribution is 5.40. The normalized spacial score (nSPS) is 16.4. The van der Waals surface area contributed by atoms with E-state index in [4.69, 9.17) is 9.47 Å². The zero-order valence-electron chi connectivity index (χ0n) is 12.8. The predicted octanol–water partition coefficient (Wildman–Crippen LogP) is 2.72. The van der Waals surface area contributed by atoms with Crippen LogP contribution in [0.4, 0.5) is 0 Å². The Morgan fingerprint density at radius 3 is 2.27 bits per heavy atom. The summed E-state index contributed by atoms with van der Waals surface area (Å²) in [5.74, 6) is 1.55. The Kier molecular flexibility index (Phi) is 4.93. The molecule has 1 heterocycles. The molecule has 0 bridgehead atoms. The van der Waals surface area contributed by atoms with Crippen molar-refractivity contribution in [3.63, 3.8) is 0 Å². The van der Waals surface area contributed by atoms with E-state index in [1.54, 1.807) is 0 Å². The van der Waals surface area contributed by atoms with Gasteiger partial charge in [-0.05, 0) is 24.6 Å². The number of ether oxygens (including phenoxy) is 2. The Balaban J connectivity index is 1.87. The first-order valence-electron chi connectivity index (χ1n) is 7.78. The van der Waals surface area contributed by atoms with Crippen molar-refractivity contribution in [3.05, 3.63) is 60.2 Å². The maximum atomic E-state index is 6.32. The van der Waals surface area contributed by atoms with Crippen molar-refractivity contribution in [3.8, 4) is 11.5 Å². The zero-order valence-corrected chi connectivity index (χ0v) is 12.8. The van der Waals surface area contributed by atoms with E-state index in [9.17, 15) is 0 Å². The van der Waals surface area contributed by atoms with Crippen molar-refractivity contribution in [2.75, 3.05) is 19.7 Å². The van der Waals surface area contributed by atoms with E-state index in [1.807, 2.05) is 49.4 Å². The molecular formula is C18H22N2O2. The van der Waals surface area contributed by atoms with E-state index >= 15 is 0 Å². The summed E-state index contributed by atoms with van der Waals surface area (Å²) in [4.78, 5) is 0. The van der Waals surface area contributed by atoms with Gasteiger partial charge in [0.15, 0.2) is 17.6 Å². The molecule has 0 saturated carbocycles. The van der Waals surface area contributed by atoms with Gasteiger partial charge in [-0.15, -0.1) is 0 Å². The van der Waals surface area contributed by atoms with Crippen LogP contribution >= 0.6 is 0 Å². The van der Waals surface area contributed by atoms with Crippen LogP contribution in [0.3, 0.4) is 0 Å². The summed E-state index contributed by atoms with van der Waals surface area (Å²) in [6.45, 7) is 4.50. The molecule has 1 unspecified atom stereocenters. The fourth-order valence-corrected chi connectivity index (χ4v) is 2.67. The summed E-state index contributed by atoms with van der Waals surface area (Å²) in [7, 11) is 0. The third-order valence-electron chi connectivity index (χ3n) is 3.69. The van der Waals surface area contributed by atoms with Gasteiger partial charge in [-0.2, -0.15) is 0 Å². The lowest BCUT2D eigenvalue weighted by atomic mass is 10.1. The summed E-state index contributed by atoms with van der Waals surface area (Å²) < 4.78 is 12.0. The largest absolute Gasteiger partial charge is 0.490 e. The molecule has 116 valence electrons. The minimum absolute atomic E-state index is 0.0945. The van der Waals surface area contributed by atoms with E-state index < -0.39 is 0 Å². The molecule has 0 spiro atoms. The molecule has 22 heavy (non-hydrogen) atoms. The summed E-state index contributed by atoms with van der Waals surface area (Å²) >= 11 is 0. The highest BCUT2D eigenvalue weighted by atomic mass is 16.5. The fraction of sp³-hybridized carbons (Fsp3) is 0.333. The zero-order chi connectivity index (χ0) is 15.2. The van der Waals surface area contributed by atoms with E-state index in [0.717, 1.165) is 30.2 Å². The van der Waals surface area contributed by atoms with Gasteiger partial charge in [-0.25, -0.2) is 0 Å². The maximum Gasteiger partial charge on any atom is 0.162 e. The third kappa shape index (κ3) is 3.40. The van der Waals surface area contributed by atoms with Crippen molar-refractivity contribution in [2.45, 2.75) is 19.2 Å². The predicted molar refractivity (Wildman–Crippen MR) is 87.2 cm³/mol. The van der Waals surface area contributed by atoms with Crippen molar-refractivity contribution in [1.82, 2.24) is 10.6 Å². The molecule has 1 saturated heterocycles. The summed E-state index contributed by atoms with van der Waals surface area (Å²) in [6, 6.07) is 18.1. The molecule has 0 amide bonds. The van der Waals surface area contributed by atoms with Gasteiger partial charge in [0, 0.05) is 13.1 Å². The van der Waals surface area contributed by atoms with E-state index in [1.165, 1.54) is 0 Å². The third-order valence-corrected chi connectivity index (χ3v) is 3.69. The lowest BCUT2D eigenvalue weighted by molar-refractivity contribution is 0.146. The van der Waals surface area contributed by atoms with Gasteiger partial charge >= 0.3 is 0 Å². The van der Waals surface area contributed by atoms with Crippen LogP contribution in [0, 0.1) is 0 Å². The summed E-state index contributed by atoms with van der Waals surface area (Å²) in [5, 5.41) is 6.90. The minimum Gasteiger partial charge on any atom is -0.490 e. The number of para-hydroxylation sites is 2.